The SMILES string of the molecule is C=C(CC=Cc1ccccc1)C(=O)OC(C)(C)C. The molecule has 0 aliphatic rings. The monoisotopic (exact) mass is 244 g/mol. The molecular formula is C16H20O2. The van der Waals surface area contributed by atoms with Gasteiger partial charge in [0, 0.05) is 5.57 Å². The van der Waals surface area contributed by atoms with Crippen LogP contribution in [0.25, 0.3) is 6.08 Å². The second-order valence-corrected chi connectivity index (χ2v) is 5.12. The fourth-order valence-corrected chi connectivity index (χ4v) is 1.34. The predicted octanol–water partition coefficient (Wildman–Crippen LogP) is 3.99. The van der Waals surface area contributed by atoms with Crippen LogP contribution in [-0.2, 0) is 9.53 Å². The van der Waals surface area contributed by atoms with Gasteiger partial charge in [0.2, 0.25) is 0 Å². The lowest BCUT2D eigenvalue weighted by atomic mass is 10.1. The molecule has 0 fully saturated rings. The zero-order chi connectivity index (χ0) is 13.6. The number of hydrogen-bond acceptors (Lipinski definition) is 2. The summed E-state index contributed by atoms with van der Waals surface area (Å²) in [5.41, 5.74) is 1.11. The zero-order valence-corrected chi connectivity index (χ0v) is 11.3. The first-order valence-corrected chi connectivity index (χ1v) is 6.01. The van der Waals surface area contributed by atoms with Gasteiger partial charge in [-0.15, -0.1) is 0 Å². The van der Waals surface area contributed by atoms with Crippen LogP contribution in [0, 0.1) is 0 Å². The number of allylic oxidation sites excluding steroid dienone is 1. The lowest BCUT2D eigenvalue weighted by Gasteiger charge is -2.19. The molecule has 0 unspecified atom stereocenters. The number of hydrogen-bond donors (Lipinski definition) is 0. The first-order chi connectivity index (χ1) is 8.38. The summed E-state index contributed by atoms with van der Waals surface area (Å²) in [5, 5.41) is 0. The standard InChI is InChI=1S/C16H20O2/c1-13(15(17)18-16(2,3)4)9-8-12-14-10-6-5-7-11-14/h5-8,10-12H,1,9H2,2-4H3. The molecule has 0 amide bonds. The molecule has 0 aromatic heterocycles. The van der Waals surface area contributed by atoms with E-state index in [-0.39, 0.29) is 5.97 Å². The molecule has 0 bridgehead atoms. The van der Waals surface area contributed by atoms with Gasteiger partial charge < -0.3 is 4.74 Å². The third-order valence-corrected chi connectivity index (χ3v) is 2.16. The van der Waals surface area contributed by atoms with Gasteiger partial charge in [-0.05, 0) is 32.8 Å². The molecule has 2 nitrogen and oxygen atoms in total. The molecule has 0 aliphatic carbocycles. The zero-order valence-electron chi connectivity index (χ0n) is 11.3. The van der Waals surface area contributed by atoms with E-state index in [1.165, 1.54) is 0 Å². The van der Waals surface area contributed by atoms with Crippen LogP contribution in [-0.4, -0.2) is 11.6 Å². The van der Waals surface area contributed by atoms with Crippen molar-refractivity contribution in [2.75, 3.05) is 0 Å². The van der Waals surface area contributed by atoms with Crippen LogP contribution in [0.5, 0.6) is 0 Å². The molecule has 0 N–H and O–H groups in total. The van der Waals surface area contributed by atoms with Crippen LogP contribution in [0.4, 0.5) is 0 Å². The molecule has 1 aromatic rings. The van der Waals surface area contributed by atoms with Gasteiger partial charge in [-0.1, -0.05) is 49.1 Å². The summed E-state index contributed by atoms with van der Waals surface area (Å²) in [6.45, 7) is 9.28. The van der Waals surface area contributed by atoms with Gasteiger partial charge in [-0.3, -0.25) is 0 Å². The van der Waals surface area contributed by atoms with E-state index >= 15 is 0 Å². The van der Waals surface area contributed by atoms with Gasteiger partial charge >= 0.3 is 5.97 Å². The summed E-state index contributed by atoms with van der Waals surface area (Å²) in [5.74, 6) is -0.333. The fraction of sp³-hybridized carbons (Fsp3) is 0.312. The van der Waals surface area contributed by atoms with E-state index in [2.05, 4.69) is 6.58 Å². The quantitative estimate of drug-likeness (QED) is 0.591. The van der Waals surface area contributed by atoms with Crippen LogP contribution in [0.2, 0.25) is 0 Å². The van der Waals surface area contributed by atoms with Crippen LogP contribution in [0.15, 0.2) is 48.6 Å². The lowest BCUT2D eigenvalue weighted by Crippen LogP contribution is -2.24. The van der Waals surface area contributed by atoms with Crippen LogP contribution in [0.3, 0.4) is 0 Å². The van der Waals surface area contributed by atoms with Crippen molar-refractivity contribution < 1.29 is 9.53 Å². The maximum Gasteiger partial charge on any atom is 0.334 e. The van der Waals surface area contributed by atoms with Crippen LogP contribution < -0.4 is 0 Å². The van der Waals surface area contributed by atoms with Crippen molar-refractivity contribution in [2.45, 2.75) is 32.8 Å². The van der Waals surface area contributed by atoms with Gasteiger partial charge in [-0.25, -0.2) is 4.79 Å². The summed E-state index contributed by atoms with van der Waals surface area (Å²) in [6.07, 6.45) is 4.39. The third kappa shape index (κ3) is 5.48. The van der Waals surface area contributed by atoms with Crippen molar-refractivity contribution >= 4 is 12.0 Å². The molecule has 1 aromatic carbocycles. The Kier molecular flexibility index (Phi) is 4.90. The van der Waals surface area contributed by atoms with Crippen molar-refractivity contribution in [3.8, 4) is 0 Å². The van der Waals surface area contributed by atoms with Crippen LogP contribution in [0.1, 0.15) is 32.8 Å². The van der Waals surface area contributed by atoms with E-state index in [0.29, 0.717) is 12.0 Å². The molecule has 0 radical (unpaired) electrons. The van der Waals surface area contributed by atoms with Gasteiger partial charge in [0.25, 0.3) is 0 Å². The topological polar surface area (TPSA) is 26.3 Å². The molecule has 18 heavy (non-hydrogen) atoms. The molecule has 96 valence electrons. The summed E-state index contributed by atoms with van der Waals surface area (Å²) >= 11 is 0. The maximum absolute atomic E-state index is 11.6. The summed E-state index contributed by atoms with van der Waals surface area (Å²) in [6, 6.07) is 9.93. The van der Waals surface area contributed by atoms with Crippen molar-refractivity contribution in [2.24, 2.45) is 0 Å². The number of carbonyl (C=O) groups is 1. The van der Waals surface area contributed by atoms with Crippen molar-refractivity contribution in [3.63, 3.8) is 0 Å². The molecule has 1 rings (SSSR count). The third-order valence-electron chi connectivity index (χ3n) is 2.16. The molecule has 0 aliphatic heterocycles. The van der Waals surface area contributed by atoms with E-state index in [1.807, 2.05) is 63.3 Å². The minimum absolute atomic E-state index is 0.333. The predicted molar refractivity (Wildman–Crippen MR) is 75.1 cm³/mol. The van der Waals surface area contributed by atoms with Gasteiger partial charge in [0.1, 0.15) is 5.60 Å². The molecule has 0 heterocycles. The largest absolute Gasteiger partial charge is 0.457 e. The smallest absolute Gasteiger partial charge is 0.334 e. The average Bonchev–Trinajstić information content (AvgIpc) is 2.28. The number of esters is 1. The molecule has 0 saturated carbocycles. The fourth-order valence-electron chi connectivity index (χ4n) is 1.34. The normalized spacial score (nSPS) is 11.5. The second kappa shape index (κ2) is 6.20. The Hall–Kier alpha value is -1.83. The number of benzene rings is 1. The number of rotatable bonds is 4. The lowest BCUT2D eigenvalue weighted by molar-refractivity contribution is -0.149. The molecule has 0 spiro atoms. The minimum Gasteiger partial charge on any atom is -0.457 e. The second-order valence-electron chi connectivity index (χ2n) is 5.12. The van der Waals surface area contributed by atoms with E-state index < -0.39 is 5.60 Å². The van der Waals surface area contributed by atoms with E-state index in [0.717, 1.165) is 5.56 Å². The Morgan fingerprint density at radius 3 is 2.44 bits per heavy atom. The number of ether oxygens (including phenoxy) is 1. The molecular weight excluding hydrogens is 224 g/mol. The molecule has 2 heteroatoms. The van der Waals surface area contributed by atoms with Gasteiger partial charge in [-0.2, -0.15) is 0 Å². The Bertz CT molecular complexity index is 436. The Morgan fingerprint density at radius 2 is 1.89 bits per heavy atom. The Balaban J connectivity index is 2.47. The van der Waals surface area contributed by atoms with Crippen LogP contribution >= 0.6 is 0 Å². The van der Waals surface area contributed by atoms with Crippen molar-refractivity contribution in [3.05, 3.63) is 54.1 Å². The Morgan fingerprint density at radius 1 is 1.28 bits per heavy atom. The maximum atomic E-state index is 11.6. The van der Waals surface area contributed by atoms with E-state index in [4.69, 9.17) is 4.74 Å². The Labute approximate surface area is 109 Å². The number of carbonyl (C=O) groups excluding carboxylic acids is 1. The molecule has 0 atom stereocenters. The average molecular weight is 244 g/mol. The summed E-state index contributed by atoms with van der Waals surface area (Å²) < 4.78 is 5.23. The highest BCUT2D eigenvalue weighted by atomic mass is 16.6. The minimum atomic E-state index is -0.469. The highest BCUT2D eigenvalue weighted by molar-refractivity contribution is 5.88. The van der Waals surface area contributed by atoms with Crippen molar-refractivity contribution in [1.29, 1.82) is 0 Å². The highest BCUT2D eigenvalue weighted by Gasteiger charge is 2.17. The first-order valence-electron chi connectivity index (χ1n) is 6.01. The summed E-state index contributed by atoms with van der Waals surface area (Å²) in [4.78, 5) is 11.6. The summed E-state index contributed by atoms with van der Waals surface area (Å²) in [7, 11) is 0. The molecule has 0 saturated heterocycles. The van der Waals surface area contributed by atoms with E-state index in [1.54, 1.807) is 0 Å². The van der Waals surface area contributed by atoms with Gasteiger partial charge in [0.05, 0.1) is 0 Å². The van der Waals surface area contributed by atoms with Gasteiger partial charge in [0.15, 0.2) is 0 Å². The van der Waals surface area contributed by atoms with Crippen molar-refractivity contribution in [1.82, 2.24) is 0 Å². The van der Waals surface area contributed by atoms with E-state index in [9.17, 15) is 4.79 Å². The first kappa shape index (κ1) is 14.2. The highest BCUT2D eigenvalue weighted by Crippen LogP contribution is 2.13.